The first-order valence-corrected chi connectivity index (χ1v) is 19.1. The summed E-state index contributed by atoms with van der Waals surface area (Å²) < 4.78 is 44.6. The minimum atomic E-state index is -0.601. The minimum Gasteiger partial charge on any atom is -0.465 e. The van der Waals surface area contributed by atoms with Crippen LogP contribution in [0.4, 0.5) is 29.7 Å². The Morgan fingerprint density at radius 3 is 1.47 bits per heavy atom. The number of rotatable bonds is 9. The summed E-state index contributed by atoms with van der Waals surface area (Å²) in [6.07, 6.45) is 0. The Hall–Kier alpha value is -5.70. The van der Waals surface area contributed by atoms with E-state index in [-0.39, 0.29) is 59.4 Å². The number of esters is 1. The number of aryl methyl sites for hydroxylation is 2. The second-order valence-electron chi connectivity index (χ2n) is 15.8. The second kappa shape index (κ2) is 16.6. The van der Waals surface area contributed by atoms with Crippen LogP contribution >= 0.6 is 0 Å². The van der Waals surface area contributed by atoms with Crippen LogP contribution in [0.5, 0.6) is 0 Å². The van der Waals surface area contributed by atoms with Crippen LogP contribution in [0, 0.1) is 36.3 Å². The van der Waals surface area contributed by atoms with E-state index in [1.807, 2.05) is 62.4 Å². The smallest absolute Gasteiger partial charge is 0.337 e. The summed E-state index contributed by atoms with van der Waals surface area (Å²) >= 11 is 0. The van der Waals surface area contributed by atoms with E-state index >= 15 is 0 Å². The molecule has 4 heterocycles. The van der Waals surface area contributed by atoms with Gasteiger partial charge in [0.15, 0.2) is 5.78 Å². The monoisotopic (exact) mass is 795 g/mol. The number of nitrogens with zero attached hydrogens (tertiary/aromatic N) is 4. The van der Waals surface area contributed by atoms with Crippen LogP contribution in [0.2, 0.25) is 0 Å². The summed E-state index contributed by atoms with van der Waals surface area (Å²) in [5.41, 5.74) is 10.0. The molecule has 0 bridgehead atoms. The van der Waals surface area contributed by atoms with Gasteiger partial charge in [0.1, 0.15) is 11.6 Å². The molecule has 0 radical (unpaired) electrons. The van der Waals surface area contributed by atoms with Gasteiger partial charge >= 0.3 is 18.0 Å². The lowest BCUT2D eigenvalue weighted by molar-refractivity contribution is -0.174. The van der Waals surface area contributed by atoms with Crippen LogP contribution < -0.4 is 15.5 Å². The molecule has 0 aliphatic carbocycles. The van der Waals surface area contributed by atoms with Gasteiger partial charge in [0.25, 0.3) is 0 Å². The van der Waals surface area contributed by atoms with Crippen molar-refractivity contribution < 1.29 is 42.2 Å². The fourth-order valence-electron chi connectivity index (χ4n) is 7.64. The maximum absolute atomic E-state index is 14.7. The van der Waals surface area contributed by atoms with E-state index < -0.39 is 17.6 Å². The van der Waals surface area contributed by atoms with Crippen LogP contribution in [-0.2, 0) is 27.3 Å². The number of hydrogen-bond donors (Lipinski definition) is 1. The van der Waals surface area contributed by atoms with Gasteiger partial charge in [-0.15, -0.1) is 0 Å². The molecule has 0 aromatic heterocycles. The number of nitrogens with two attached hydrogens (primary N) is 1. The van der Waals surface area contributed by atoms with Crippen molar-refractivity contribution >= 4 is 35.2 Å². The highest BCUT2D eigenvalue weighted by Gasteiger charge is 2.52. The average molecular weight is 796 g/mol. The third kappa shape index (κ3) is 8.45. The Kier molecular flexibility index (Phi) is 11.6. The highest BCUT2D eigenvalue weighted by molar-refractivity contribution is 5.98. The molecule has 8 rings (SSSR count). The molecule has 12 nitrogen and oxygen atoms in total. The van der Waals surface area contributed by atoms with Crippen LogP contribution in [-0.4, -0.2) is 99.9 Å². The van der Waals surface area contributed by atoms with Gasteiger partial charge in [-0.05, 0) is 67.4 Å². The molecule has 0 unspecified atom stereocenters. The number of hydrogen-bond acceptors (Lipinski definition) is 8. The molecule has 4 aromatic carbocycles. The van der Waals surface area contributed by atoms with Gasteiger partial charge in [0.05, 0.1) is 69.6 Å². The number of halogens is 2. The molecule has 14 heteroatoms. The van der Waals surface area contributed by atoms with Gasteiger partial charge in [0.2, 0.25) is 0 Å². The molecule has 4 amide bonds. The summed E-state index contributed by atoms with van der Waals surface area (Å²) in [6.45, 7) is 9.21. The Morgan fingerprint density at radius 2 is 1.10 bits per heavy atom. The minimum absolute atomic E-state index is 0.0651. The third-order valence-corrected chi connectivity index (χ3v) is 11.1. The van der Waals surface area contributed by atoms with Crippen molar-refractivity contribution in [3.63, 3.8) is 0 Å². The number of anilines is 2. The van der Waals surface area contributed by atoms with E-state index in [0.717, 1.165) is 17.2 Å². The lowest BCUT2D eigenvalue weighted by atomic mass is 9.78. The summed E-state index contributed by atoms with van der Waals surface area (Å²) in [7, 11) is 1.25. The molecule has 4 saturated heterocycles. The molecule has 0 saturated carbocycles. The predicted molar refractivity (Wildman–Crippen MR) is 213 cm³/mol. The molecule has 4 aliphatic rings. The molecule has 2 N–H and O–H groups in total. The van der Waals surface area contributed by atoms with E-state index in [1.165, 1.54) is 25.3 Å². The number of benzene rings is 4. The molecule has 4 fully saturated rings. The summed E-state index contributed by atoms with van der Waals surface area (Å²) in [4.78, 5) is 56.5. The largest absolute Gasteiger partial charge is 0.465 e. The highest BCUT2D eigenvalue weighted by Crippen LogP contribution is 2.40. The van der Waals surface area contributed by atoms with Gasteiger partial charge in [0, 0.05) is 54.2 Å². The molecule has 0 atom stereocenters. The van der Waals surface area contributed by atoms with Crippen molar-refractivity contribution in [3.05, 3.63) is 130 Å². The lowest BCUT2D eigenvalue weighted by Gasteiger charge is -2.55. The number of ketones is 1. The number of carbonyl (C=O) groups excluding carboxylic acids is 4. The first-order valence-electron chi connectivity index (χ1n) is 19.1. The van der Waals surface area contributed by atoms with E-state index in [9.17, 15) is 28.0 Å². The Labute approximate surface area is 336 Å². The number of ether oxygens (including phenoxy) is 3. The highest BCUT2D eigenvalue weighted by atomic mass is 19.1. The third-order valence-electron chi connectivity index (χ3n) is 11.1. The van der Waals surface area contributed by atoms with Crippen molar-refractivity contribution in [2.24, 2.45) is 16.6 Å². The molecular weight excluding hydrogens is 749 g/mol. The zero-order chi connectivity index (χ0) is 41.2. The van der Waals surface area contributed by atoms with E-state index in [2.05, 4.69) is 4.74 Å². The van der Waals surface area contributed by atoms with Crippen LogP contribution in [0.25, 0.3) is 0 Å². The van der Waals surface area contributed by atoms with E-state index in [0.29, 0.717) is 75.1 Å². The van der Waals surface area contributed by atoms with Gasteiger partial charge in [-0.25, -0.2) is 23.2 Å². The molecule has 4 aromatic rings. The summed E-state index contributed by atoms with van der Waals surface area (Å²) in [5, 5.41) is 0. The zero-order valence-electron chi connectivity index (χ0n) is 32.8. The maximum atomic E-state index is 14.7. The van der Waals surface area contributed by atoms with Crippen LogP contribution in [0.1, 0.15) is 43.0 Å². The fourth-order valence-corrected chi connectivity index (χ4v) is 7.64. The molecule has 304 valence electrons. The second-order valence-corrected chi connectivity index (χ2v) is 15.8. The van der Waals surface area contributed by atoms with Crippen molar-refractivity contribution in [3.8, 4) is 0 Å². The first kappa shape index (κ1) is 40.5. The number of methoxy groups -OCH3 is 1. The molecule has 2 spiro atoms. The fraction of sp³-hybridized carbons (Fsp3) is 0.364. The number of carbonyl (C=O) groups is 4. The lowest BCUT2D eigenvalue weighted by Crippen LogP contribution is -2.68. The Balaban J connectivity index is 0.000000177. The van der Waals surface area contributed by atoms with Crippen molar-refractivity contribution in [1.29, 1.82) is 0 Å². The zero-order valence-corrected chi connectivity index (χ0v) is 32.8. The van der Waals surface area contributed by atoms with Crippen LogP contribution in [0.3, 0.4) is 0 Å². The maximum Gasteiger partial charge on any atom is 0.337 e. The number of amides is 4. The van der Waals surface area contributed by atoms with E-state index in [1.54, 1.807) is 31.7 Å². The average Bonchev–Trinajstić information content (AvgIpc) is 3.14. The number of urea groups is 2. The number of likely N-dealkylation sites (tertiary alicyclic amines) is 2. The summed E-state index contributed by atoms with van der Waals surface area (Å²) in [5.74, 6) is -2.00. The van der Waals surface area contributed by atoms with Crippen molar-refractivity contribution in [2.45, 2.75) is 26.9 Å². The topological polar surface area (TPSA) is 135 Å². The Morgan fingerprint density at radius 1 is 0.672 bits per heavy atom. The van der Waals surface area contributed by atoms with Gasteiger partial charge < -0.3 is 29.7 Å². The molecule has 58 heavy (non-hydrogen) atoms. The number of Topliss-reactive ketones (excluding diaryl/α,β-unsaturated/α-hetero) is 1. The molecular formula is C44H47F2N5O7. The van der Waals surface area contributed by atoms with Gasteiger partial charge in [-0.2, -0.15) is 0 Å². The summed E-state index contributed by atoms with van der Waals surface area (Å²) in [6, 6.07) is 23.3. The normalized spacial score (nSPS) is 16.8. The standard InChI is InChI=1S/C22H24FN3O3.C22H23FN2O4/c1-15-3-2-4-18(7-15)26(21(28)25-11-22(12-25)13-29-14-22)10-17-6-5-16(8-19(17)23)20(27)9-24;1-15-4-3-5-18(8-15)25(21(27)24-11-22(12-24)13-29-14-22)10-17-7-6-16(9-19(17)23)20(26)28-2/h2-8H,9-14,24H2,1H3;3-9H,10-14H2,1-2H3. The van der Waals surface area contributed by atoms with Crippen molar-refractivity contribution in [1.82, 2.24) is 9.80 Å². The SMILES string of the molecule is COC(=O)c1ccc(CN(C(=O)N2CC3(COC3)C2)c2cccc(C)c2)c(F)c1.Cc1cccc(N(Cc2ccc(C(=O)CN)cc2F)C(=O)N2CC3(COC3)C2)c1. The van der Waals surface area contributed by atoms with Gasteiger partial charge in [-0.1, -0.05) is 42.5 Å². The molecule has 4 aliphatic heterocycles. The van der Waals surface area contributed by atoms with Crippen LogP contribution in [0.15, 0.2) is 84.9 Å². The predicted octanol–water partition coefficient (Wildman–Crippen LogP) is 6.11. The Bertz CT molecular complexity index is 2050. The van der Waals surface area contributed by atoms with E-state index in [4.69, 9.17) is 15.2 Å². The van der Waals surface area contributed by atoms with Gasteiger partial charge in [-0.3, -0.25) is 14.6 Å². The quantitative estimate of drug-likeness (QED) is 0.158. The van der Waals surface area contributed by atoms with Crippen molar-refractivity contribution in [2.75, 3.05) is 76.1 Å². The first-order chi connectivity index (χ1) is 27.8.